The molecular formula is C28H36FN5O3. The summed E-state index contributed by atoms with van der Waals surface area (Å²) >= 11 is 0. The first-order valence-electron chi connectivity index (χ1n) is 13.1. The summed E-state index contributed by atoms with van der Waals surface area (Å²) in [6, 6.07) is 13.8. The lowest BCUT2D eigenvalue weighted by Gasteiger charge is -2.37. The van der Waals surface area contributed by atoms with E-state index in [1.165, 1.54) is 43.2 Å². The number of anilines is 2. The minimum absolute atomic E-state index is 0.0450. The Morgan fingerprint density at radius 1 is 0.919 bits per heavy atom. The van der Waals surface area contributed by atoms with Crippen molar-refractivity contribution >= 4 is 29.2 Å². The van der Waals surface area contributed by atoms with Gasteiger partial charge < -0.3 is 25.3 Å². The fourth-order valence-corrected chi connectivity index (χ4v) is 4.90. The molecule has 2 aromatic rings. The van der Waals surface area contributed by atoms with Gasteiger partial charge in [0.25, 0.3) is 0 Å². The monoisotopic (exact) mass is 509 g/mol. The van der Waals surface area contributed by atoms with Gasteiger partial charge in [-0.2, -0.15) is 0 Å². The molecule has 8 nitrogen and oxygen atoms in total. The highest BCUT2D eigenvalue weighted by Gasteiger charge is 2.24. The molecule has 2 fully saturated rings. The van der Waals surface area contributed by atoms with E-state index in [4.69, 9.17) is 0 Å². The summed E-state index contributed by atoms with van der Waals surface area (Å²) in [5.74, 6) is -0.884. The number of piperazine rings is 1. The van der Waals surface area contributed by atoms with Crippen molar-refractivity contribution in [2.24, 2.45) is 0 Å². The van der Waals surface area contributed by atoms with E-state index >= 15 is 0 Å². The molecule has 1 heterocycles. The number of hydrogen-bond acceptors (Lipinski definition) is 4. The Hall–Kier alpha value is -3.62. The zero-order chi connectivity index (χ0) is 26.2. The number of nitrogens with zero attached hydrogens (tertiary/aromatic N) is 3. The summed E-state index contributed by atoms with van der Waals surface area (Å²) in [6.45, 7) is 4.39. The molecule has 1 saturated heterocycles. The highest BCUT2D eigenvalue weighted by molar-refractivity contribution is 5.94. The number of rotatable bonds is 7. The van der Waals surface area contributed by atoms with Crippen LogP contribution in [-0.2, 0) is 16.1 Å². The van der Waals surface area contributed by atoms with Crippen molar-refractivity contribution in [1.29, 1.82) is 0 Å². The van der Waals surface area contributed by atoms with E-state index in [2.05, 4.69) is 15.5 Å². The van der Waals surface area contributed by atoms with Gasteiger partial charge in [-0.05, 0) is 54.8 Å². The molecule has 9 heteroatoms. The van der Waals surface area contributed by atoms with E-state index in [1.807, 2.05) is 29.2 Å². The van der Waals surface area contributed by atoms with E-state index in [0.717, 1.165) is 37.2 Å². The summed E-state index contributed by atoms with van der Waals surface area (Å²) in [5.41, 5.74) is 2.43. The van der Waals surface area contributed by atoms with Crippen molar-refractivity contribution < 1.29 is 18.8 Å². The molecule has 0 unspecified atom stereocenters. The summed E-state index contributed by atoms with van der Waals surface area (Å²) in [4.78, 5) is 42.8. The lowest BCUT2D eigenvalue weighted by atomic mass is 9.96. The second-order valence-electron chi connectivity index (χ2n) is 9.86. The maximum Gasteiger partial charge on any atom is 0.317 e. The van der Waals surface area contributed by atoms with E-state index in [0.29, 0.717) is 24.8 Å². The lowest BCUT2D eigenvalue weighted by Crippen LogP contribution is -2.53. The summed E-state index contributed by atoms with van der Waals surface area (Å²) in [5, 5.41) is 6.03. The molecule has 1 saturated carbocycles. The third-order valence-corrected chi connectivity index (χ3v) is 7.08. The standard InChI is InChI=1S/C28H36FN5O3/c1-21(35)34(19-22-7-9-23(29)10-8-22)20-27(36)30-25-11-13-26(14-12-25)32-15-17-33(18-16-32)28(37)31-24-5-3-2-4-6-24/h7-14,24H,2-6,15-20H2,1H3,(H,30,36)(H,31,37). The van der Waals surface area contributed by atoms with Gasteiger partial charge in [-0.1, -0.05) is 31.4 Å². The maximum absolute atomic E-state index is 13.1. The van der Waals surface area contributed by atoms with Crippen molar-refractivity contribution in [3.63, 3.8) is 0 Å². The predicted molar refractivity (Wildman–Crippen MR) is 142 cm³/mol. The lowest BCUT2D eigenvalue weighted by molar-refractivity contribution is -0.133. The van der Waals surface area contributed by atoms with E-state index in [9.17, 15) is 18.8 Å². The quantitative estimate of drug-likeness (QED) is 0.592. The van der Waals surface area contributed by atoms with Gasteiger partial charge >= 0.3 is 6.03 Å². The molecule has 0 spiro atoms. The third kappa shape index (κ3) is 7.68. The maximum atomic E-state index is 13.1. The molecule has 2 aliphatic rings. The van der Waals surface area contributed by atoms with Gasteiger partial charge in [0, 0.05) is 57.1 Å². The average Bonchev–Trinajstić information content (AvgIpc) is 2.90. The normalized spacial score (nSPS) is 16.3. The molecule has 1 aliphatic heterocycles. The Balaban J connectivity index is 1.24. The van der Waals surface area contributed by atoms with Gasteiger partial charge in [-0.15, -0.1) is 0 Å². The van der Waals surface area contributed by atoms with Crippen LogP contribution < -0.4 is 15.5 Å². The van der Waals surface area contributed by atoms with Crippen molar-refractivity contribution in [3.05, 3.63) is 59.9 Å². The van der Waals surface area contributed by atoms with Gasteiger partial charge in [0.1, 0.15) is 12.4 Å². The fraction of sp³-hybridized carbons (Fsp3) is 0.464. The molecule has 0 bridgehead atoms. The third-order valence-electron chi connectivity index (χ3n) is 7.08. The van der Waals surface area contributed by atoms with Crippen molar-refractivity contribution in [3.8, 4) is 0 Å². The number of nitrogens with one attached hydrogen (secondary N) is 2. The Bertz CT molecular complexity index is 1060. The Morgan fingerprint density at radius 2 is 1.57 bits per heavy atom. The highest BCUT2D eigenvalue weighted by Crippen LogP contribution is 2.21. The van der Waals surface area contributed by atoms with Crippen LogP contribution in [0.15, 0.2) is 48.5 Å². The molecule has 1 aliphatic carbocycles. The minimum Gasteiger partial charge on any atom is -0.368 e. The van der Waals surface area contributed by atoms with Crippen LogP contribution in [0.2, 0.25) is 0 Å². The summed E-state index contributed by atoms with van der Waals surface area (Å²) < 4.78 is 13.1. The van der Waals surface area contributed by atoms with Crippen molar-refractivity contribution in [2.45, 2.75) is 51.6 Å². The molecule has 2 aromatic carbocycles. The molecular weight excluding hydrogens is 473 g/mol. The van der Waals surface area contributed by atoms with Gasteiger partial charge in [0.05, 0.1) is 0 Å². The Labute approximate surface area is 217 Å². The number of carbonyl (C=O) groups excluding carboxylic acids is 3. The van der Waals surface area contributed by atoms with Crippen LogP contribution in [0, 0.1) is 5.82 Å². The average molecular weight is 510 g/mol. The van der Waals surface area contributed by atoms with E-state index in [-0.39, 0.29) is 36.8 Å². The SMILES string of the molecule is CC(=O)N(CC(=O)Nc1ccc(N2CCN(C(=O)NC3CCCCC3)CC2)cc1)Cc1ccc(F)cc1. The van der Waals surface area contributed by atoms with Crippen LogP contribution in [0.3, 0.4) is 0 Å². The second kappa shape index (κ2) is 12.6. The summed E-state index contributed by atoms with van der Waals surface area (Å²) in [6.07, 6.45) is 5.81. The first kappa shape index (κ1) is 26.4. The van der Waals surface area contributed by atoms with E-state index < -0.39 is 0 Å². The number of amides is 4. The minimum atomic E-state index is -0.346. The molecule has 0 atom stereocenters. The van der Waals surface area contributed by atoms with Crippen LogP contribution in [0.1, 0.15) is 44.6 Å². The van der Waals surface area contributed by atoms with Gasteiger partial charge in [0.2, 0.25) is 11.8 Å². The highest BCUT2D eigenvalue weighted by atomic mass is 19.1. The largest absolute Gasteiger partial charge is 0.368 e. The number of hydrogen-bond donors (Lipinski definition) is 2. The van der Waals surface area contributed by atoms with Crippen LogP contribution in [0.4, 0.5) is 20.6 Å². The Morgan fingerprint density at radius 3 is 2.19 bits per heavy atom. The second-order valence-corrected chi connectivity index (χ2v) is 9.86. The van der Waals surface area contributed by atoms with Crippen LogP contribution in [0.25, 0.3) is 0 Å². The summed E-state index contributed by atoms with van der Waals surface area (Å²) in [7, 11) is 0. The first-order valence-corrected chi connectivity index (χ1v) is 13.1. The zero-order valence-electron chi connectivity index (χ0n) is 21.4. The van der Waals surface area contributed by atoms with Crippen molar-refractivity contribution in [2.75, 3.05) is 42.9 Å². The van der Waals surface area contributed by atoms with Gasteiger partial charge in [-0.25, -0.2) is 9.18 Å². The molecule has 4 rings (SSSR count). The number of halogens is 1. The van der Waals surface area contributed by atoms with Crippen molar-refractivity contribution in [1.82, 2.24) is 15.1 Å². The van der Waals surface area contributed by atoms with Crippen LogP contribution in [-0.4, -0.2) is 66.4 Å². The van der Waals surface area contributed by atoms with Gasteiger partial charge in [0.15, 0.2) is 0 Å². The zero-order valence-corrected chi connectivity index (χ0v) is 21.4. The van der Waals surface area contributed by atoms with Crippen LogP contribution in [0.5, 0.6) is 0 Å². The predicted octanol–water partition coefficient (Wildman–Crippen LogP) is 3.98. The van der Waals surface area contributed by atoms with Crippen LogP contribution >= 0.6 is 0 Å². The molecule has 0 radical (unpaired) electrons. The fourth-order valence-electron chi connectivity index (χ4n) is 4.90. The smallest absolute Gasteiger partial charge is 0.317 e. The molecule has 37 heavy (non-hydrogen) atoms. The molecule has 0 aromatic heterocycles. The van der Waals surface area contributed by atoms with E-state index in [1.54, 1.807) is 12.1 Å². The molecule has 4 amide bonds. The molecule has 2 N–H and O–H groups in total. The number of urea groups is 1. The molecule has 198 valence electrons. The Kier molecular flexibility index (Phi) is 8.98. The number of carbonyl (C=O) groups is 3. The topological polar surface area (TPSA) is 85.0 Å². The first-order chi connectivity index (χ1) is 17.9. The number of benzene rings is 2. The van der Waals surface area contributed by atoms with Gasteiger partial charge in [-0.3, -0.25) is 9.59 Å².